The van der Waals surface area contributed by atoms with E-state index in [1.807, 2.05) is 6.92 Å². The lowest BCUT2D eigenvalue weighted by Crippen LogP contribution is -2.07. The average molecular weight is 218 g/mol. The largest absolute Gasteiger partial charge is 0.467 e. The summed E-state index contributed by atoms with van der Waals surface area (Å²) in [5.74, 6) is 0.566. The summed E-state index contributed by atoms with van der Waals surface area (Å²) in [6.07, 6.45) is 0.552. The molecule has 0 aliphatic heterocycles. The van der Waals surface area contributed by atoms with Crippen LogP contribution in [0.5, 0.6) is 12.0 Å². The number of rotatable bonds is 4. The van der Waals surface area contributed by atoms with Crippen LogP contribution in [0.2, 0.25) is 0 Å². The quantitative estimate of drug-likeness (QED) is 0.706. The van der Waals surface area contributed by atoms with E-state index in [-0.39, 0.29) is 17.4 Å². The van der Waals surface area contributed by atoms with Crippen molar-refractivity contribution in [3.63, 3.8) is 0 Å². The van der Waals surface area contributed by atoms with E-state index in [1.165, 1.54) is 14.2 Å². The van der Waals surface area contributed by atoms with Gasteiger partial charge in [-0.15, -0.1) is 16.6 Å². The molecule has 78 valence electrons. The van der Waals surface area contributed by atoms with Gasteiger partial charge in [0.15, 0.2) is 0 Å². The number of halogens is 1. The van der Waals surface area contributed by atoms with Crippen LogP contribution in [0, 0.1) is 0 Å². The monoisotopic (exact) mass is 217 g/mol. The highest BCUT2D eigenvalue weighted by atomic mass is 35.5. The highest BCUT2D eigenvalue weighted by Crippen LogP contribution is 2.11. The number of methoxy groups -OCH3 is 2. The molecule has 1 aromatic rings. The molecule has 1 unspecified atom stereocenters. The Balaban J connectivity index is 2.92. The van der Waals surface area contributed by atoms with Gasteiger partial charge in [-0.25, -0.2) is 0 Å². The van der Waals surface area contributed by atoms with Crippen LogP contribution in [0.1, 0.15) is 12.7 Å². The Kier molecular flexibility index (Phi) is 3.88. The van der Waals surface area contributed by atoms with Crippen molar-refractivity contribution in [3.05, 3.63) is 5.82 Å². The van der Waals surface area contributed by atoms with Gasteiger partial charge in [0.05, 0.1) is 14.2 Å². The third-order valence-electron chi connectivity index (χ3n) is 1.47. The summed E-state index contributed by atoms with van der Waals surface area (Å²) in [4.78, 5) is 11.9. The Bertz CT molecular complexity index is 284. The molecule has 14 heavy (non-hydrogen) atoms. The Morgan fingerprint density at radius 3 is 2.00 bits per heavy atom. The van der Waals surface area contributed by atoms with Gasteiger partial charge in [0.2, 0.25) is 0 Å². The number of nitrogens with zero attached hydrogens (tertiary/aromatic N) is 3. The zero-order valence-corrected chi connectivity index (χ0v) is 9.08. The Morgan fingerprint density at radius 1 is 1.14 bits per heavy atom. The van der Waals surface area contributed by atoms with E-state index >= 15 is 0 Å². The van der Waals surface area contributed by atoms with E-state index in [2.05, 4.69) is 15.0 Å². The molecule has 0 aliphatic rings. The van der Waals surface area contributed by atoms with E-state index < -0.39 is 0 Å². The number of alkyl halides is 1. The molecule has 5 nitrogen and oxygen atoms in total. The molecular weight excluding hydrogens is 206 g/mol. The highest BCUT2D eigenvalue weighted by molar-refractivity contribution is 6.20. The molecule has 0 saturated heterocycles. The summed E-state index contributed by atoms with van der Waals surface area (Å²) in [6, 6.07) is 0.480. The van der Waals surface area contributed by atoms with Crippen LogP contribution in [-0.2, 0) is 6.42 Å². The molecule has 0 amide bonds. The maximum absolute atomic E-state index is 5.82. The molecule has 1 aromatic heterocycles. The highest BCUT2D eigenvalue weighted by Gasteiger charge is 2.08. The zero-order chi connectivity index (χ0) is 10.6. The number of ether oxygens (including phenoxy) is 2. The van der Waals surface area contributed by atoms with Crippen LogP contribution in [0.25, 0.3) is 0 Å². The summed E-state index contributed by atoms with van der Waals surface area (Å²) in [7, 11) is 2.98. The summed E-state index contributed by atoms with van der Waals surface area (Å²) >= 11 is 5.82. The average Bonchev–Trinajstić information content (AvgIpc) is 2.16. The van der Waals surface area contributed by atoms with Gasteiger partial charge in [0.25, 0.3) is 0 Å². The van der Waals surface area contributed by atoms with Crippen LogP contribution in [0.15, 0.2) is 0 Å². The van der Waals surface area contributed by atoms with E-state index in [0.29, 0.717) is 12.2 Å². The van der Waals surface area contributed by atoms with Gasteiger partial charge < -0.3 is 9.47 Å². The number of hydrogen-bond donors (Lipinski definition) is 0. The minimum absolute atomic E-state index is 0.0354. The Morgan fingerprint density at radius 2 is 1.64 bits per heavy atom. The summed E-state index contributed by atoms with van der Waals surface area (Å²) in [5, 5.41) is -0.0354. The summed E-state index contributed by atoms with van der Waals surface area (Å²) in [6.45, 7) is 1.87. The second-order valence-corrected chi connectivity index (χ2v) is 3.45. The second kappa shape index (κ2) is 4.95. The van der Waals surface area contributed by atoms with Crippen LogP contribution in [0.3, 0.4) is 0 Å². The number of hydrogen-bond acceptors (Lipinski definition) is 5. The van der Waals surface area contributed by atoms with Crippen LogP contribution in [0.4, 0.5) is 0 Å². The maximum atomic E-state index is 5.82. The van der Waals surface area contributed by atoms with Crippen molar-refractivity contribution in [1.29, 1.82) is 0 Å². The van der Waals surface area contributed by atoms with Crippen molar-refractivity contribution in [2.75, 3.05) is 14.2 Å². The van der Waals surface area contributed by atoms with Crippen molar-refractivity contribution in [3.8, 4) is 12.0 Å². The molecule has 6 heteroatoms. The standard InChI is InChI=1S/C8H12ClN3O2/c1-5(9)4-6-10-7(13-2)12-8(11-6)14-3/h5H,4H2,1-3H3. The topological polar surface area (TPSA) is 57.1 Å². The van der Waals surface area contributed by atoms with E-state index in [1.54, 1.807) is 0 Å². The van der Waals surface area contributed by atoms with Crippen molar-refractivity contribution in [2.24, 2.45) is 0 Å². The molecule has 0 aliphatic carbocycles. The molecule has 0 fully saturated rings. The zero-order valence-electron chi connectivity index (χ0n) is 8.32. The van der Waals surface area contributed by atoms with Crippen LogP contribution < -0.4 is 9.47 Å². The molecule has 0 saturated carbocycles. The minimum Gasteiger partial charge on any atom is -0.467 e. The molecule has 0 bridgehead atoms. The third kappa shape index (κ3) is 2.99. The van der Waals surface area contributed by atoms with Crippen molar-refractivity contribution in [1.82, 2.24) is 15.0 Å². The predicted octanol–water partition coefficient (Wildman–Crippen LogP) is 1.06. The van der Waals surface area contributed by atoms with Gasteiger partial charge in [0.1, 0.15) is 5.82 Å². The Labute approximate surface area is 87.4 Å². The van der Waals surface area contributed by atoms with Gasteiger partial charge in [-0.1, -0.05) is 0 Å². The lowest BCUT2D eigenvalue weighted by Gasteiger charge is -2.05. The second-order valence-electron chi connectivity index (χ2n) is 2.71. The molecule has 1 rings (SSSR count). The first-order valence-corrected chi connectivity index (χ1v) is 4.56. The van der Waals surface area contributed by atoms with E-state index in [9.17, 15) is 0 Å². The fourth-order valence-electron chi connectivity index (χ4n) is 0.903. The van der Waals surface area contributed by atoms with Gasteiger partial charge >= 0.3 is 12.0 Å². The summed E-state index contributed by atoms with van der Waals surface area (Å²) in [5.41, 5.74) is 0. The molecule has 0 aromatic carbocycles. The van der Waals surface area contributed by atoms with Gasteiger partial charge in [-0.3, -0.25) is 0 Å². The maximum Gasteiger partial charge on any atom is 0.322 e. The Hall–Kier alpha value is -1.10. The van der Waals surface area contributed by atoms with Crippen molar-refractivity contribution in [2.45, 2.75) is 18.7 Å². The molecular formula is C8H12ClN3O2. The molecule has 1 heterocycles. The minimum atomic E-state index is -0.0354. The molecule has 1 atom stereocenters. The van der Waals surface area contributed by atoms with E-state index in [4.69, 9.17) is 21.1 Å². The van der Waals surface area contributed by atoms with Crippen LogP contribution in [-0.4, -0.2) is 34.5 Å². The fourth-order valence-corrected chi connectivity index (χ4v) is 1.04. The first kappa shape index (κ1) is 11.0. The number of aromatic nitrogens is 3. The first-order chi connectivity index (χ1) is 6.65. The lowest BCUT2D eigenvalue weighted by molar-refractivity contribution is 0.336. The lowest BCUT2D eigenvalue weighted by atomic mass is 10.3. The van der Waals surface area contributed by atoms with Crippen molar-refractivity contribution < 1.29 is 9.47 Å². The fraction of sp³-hybridized carbons (Fsp3) is 0.625. The predicted molar refractivity (Wildman–Crippen MR) is 52.0 cm³/mol. The smallest absolute Gasteiger partial charge is 0.322 e. The van der Waals surface area contributed by atoms with Gasteiger partial charge in [-0.05, 0) is 6.92 Å². The van der Waals surface area contributed by atoms with Gasteiger partial charge in [-0.2, -0.15) is 9.97 Å². The summed E-state index contributed by atoms with van der Waals surface area (Å²) < 4.78 is 9.79. The first-order valence-electron chi connectivity index (χ1n) is 4.12. The SMILES string of the molecule is COc1nc(CC(C)Cl)nc(OC)n1. The normalized spacial score (nSPS) is 12.3. The van der Waals surface area contributed by atoms with Gasteiger partial charge in [0, 0.05) is 11.8 Å². The van der Waals surface area contributed by atoms with Crippen molar-refractivity contribution >= 4 is 11.6 Å². The molecule has 0 spiro atoms. The third-order valence-corrected chi connectivity index (χ3v) is 1.62. The molecule has 0 N–H and O–H groups in total. The molecule has 0 radical (unpaired) electrons. The van der Waals surface area contributed by atoms with E-state index in [0.717, 1.165) is 0 Å². The van der Waals surface area contributed by atoms with Crippen LogP contribution >= 0.6 is 11.6 Å².